The van der Waals surface area contributed by atoms with Crippen LogP contribution in [-0.4, -0.2) is 12.0 Å². The van der Waals surface area contributed by atoms with Crippen LogP contribution in [0.2, 0.25) is 5.02 Å². The van der Waals surface area contributed by atoms with Gasteiger partial charge in [-0.15, -0.1) is 0 Å². The van der Waals surface area contributed by atoms with E-state index in [1.807, 2.05) is 6.92 Å². The van der Waals surface area contributed by atoms with Crippen LogP contribution in [0.4, 0.5) is 14.5 Å². The van der Waals surface area contributed by atoms with Gasteiger partial charge >= 0.3 is 0 Å². The largest absolute Gasteiger partial charge is 0.481 e. The van der Waals surface area contributed by atoms with Crippen molar-refractivity contribution in [1.29, 1.82) is 0 Å². The van der Waals surface area contributed by atoms with E-state index in [0.29, 0.717) is 10.8 Å². The average Bonchev–Trinajstić information content (AvgIpc) is 2.46. The van der Waals surface area contributed by atoms with Gasteiger partial charge in [0.15, 0.2) is 17.7 Å². The number of carbonyl (C=O) groups excluding carboxylic acids is 1. The van der Waals surface area contributed by atoms with Gasteiger partial charge in [0, 0.05) is 16.8 Å². The molecular weight excluding hydrogens is 312 g/mol. The van der Waals surface area contributed by atoms with Crippen molar-refractivity contribution in [2.45, 2.75) is 20.0 Å². The molecule has 22 heavy (non-hydrogen) atoms. The predicted octanol–water partition coefficient (Wildman–Crippen LogP) is 4.33. The maximum absolute atomic E-state index is 13.1. The zero-order chi connectivity index (χ0) is 16.3. The van der Waals surface area contributed by atoms with E-state index in [0.717, 1.165) is 17.7 Å². The number of hydrogen-bond acceptors (Lipinski definition) is 2. The summed E-state index contributed by atoms with van der Waals surface area (Å²) in [6.07, 6.45) is -0.811. The zero-order valence-electron chi connectivity index (χ0n) is 12.0. The normalized spacial score (nSPS) is 11.9. The van der Waals surface area contributed by atoms with Gasteiger partial charge < -0.3 is 10.1 Å². The van der Waals surface area contributed by atoms with Gasteiger partial charge in [0.2, 0.25) is 0 Å². The van der Waals surface area contributed by atoms with Crippen molar-refractivity contribution in [3.63, 3.8) is 0 Å². The van der Waals surface area contributed by atoms with Crippen molar-refractivity contribution in [3.05, 3.63) is 58.6 Å². The molecule has 1 atom stereocenters. The molecule has 116 valence electrons. The topological polar surface area (TPSA) is 38.3 Å². The Morgan fingerprint density at radius 2 is 1.91 bits per heavy atom. The van der Waals surface area contributed by atoms with Crippen LogP contribution in [0.1, 0.15) is 12.5 Å². The SMILES string of the molecule is Cc1cc(O[C@@H](C)C(=O)Nc2ccc(F)c(F)c2)ccc1Cl. The molecule has 0 heterocycles. The Hall–Kier alpha value is -2.14. The minimum absolute atomic E-state index is 0.159. The van der Waals surface area contributed by atoms with E-state index < -0.39 is 23.6 Å². The van der Waals surface area contributed by atoms with Crippen molar-refractivity contribution in [1.82, 2.24) is 0 Å². The Kier molecular flexibility index (Phi) is 4.98. The van der Waals surface area contributed by atoms with E-state index in [9.17, 15) is 13.6 Å². The van der Waals surface area contributed by atoms with E-state index in [4.69, 9.17) is 16.3 Å². The first-order valence-corrected chi connectivity index (χ1v) is 6.93. The molecule has 0 fully saturated rings. The third kappa shape index (κ3) is 3.95. The van der Waals surface area contributed by atoms with Crippen LogP contribution in [0.3, 0.4) is 0 Å². The zero-order valence-corrected chi connectivity index (χ0v) is 12.7. The summed E-state index contributed by atoms with van der Waals surface area (Å²) >= 11 is 5.91. The van der Waals surface area contributed by atoms with Crippen LogP contribution in [0.25, 0.3) is 0 Å². The lowest BCUT2D eigenvalue weighted by molar-refractivity contribution is -0.122. The summed E-state index contributed by atoms with van der Waals surface area (Å²) in [6, 6.07) is 8.16. The van der Waals surface area contributed by atoms with Crippen LogP contribution in [0, 0.1) is 18.6 Å². The lowest BCUT2D eigenvalue weighted by atomic mass is 10.2. The maximum Gasteiger partial charge on any atom is 0.265 e. The summed E-state index contributed by atoms with van der Waals surface area (Å²) in [5.74, 6) is -1.98. The molecule has 2 aromatic rings. The monoisotopic (exact) mass is 325 g/mol. The van der Waals surface area contributed by atoms with Crippen LogP contribution in [0.5, 0.6) is 5.75 Å². The Morgan fingerprint density at radius 3 is 2.55 bits per heavy atom. The highest BCUT2D eigenvalue weighted by Gasteiger charge is 2.16. The summed E-state index contributed by atoms with van der Waals surface area (Å²) in [5.41, 5.74) is 0.985. The molecule has 6 heteroatoms. The number of nitrogens with one attached hydrogen (secondary N) is 1. The highest BCUT2D eigenvalue weighted by molar-refractivity contribution is 6.31. The summed E-state index contributed by atoms with van der Waals surface area (Å²) < 4.78 is 31.4. The Balaban J connectivity index is 2.02. The van der Waals surface area contributed by atoms with Gasteiger partial charge in [-0.1, -0.05) is 11.6 Å². The molecule has 3 nitrogen and oxygen atoms in total. The molecule has 1 amide bonds. The molecule has 0 aliphatic heterocycles. The molecule has 0 spiro atoms. The van der Waals surface area contributed by atoms with Gasteiger partial charge in [0.1, 0.15) is 5.75 Å². The fourth-order valence-corrected chi connectivity index (χ4v) is 1.88. The van der Waals surface area contributed by atoms with Crippen molar-refractivity contribution >= 4 is 23.2 Å². The minimum atomic E-state index is -1.03. The first kappa shape index (κ1) is 16.2. The third-order valence-electron chi connectivity index (χ3n) is 3.00. The molecule has 2 rings (SSSR count). The fraction of sp³-hybridized carbons (Fsp3) is 0.188. The standard InChI is InChI=1S/C16H14ClF2NO2/c1-9-7-12(4-5-13(9)17)22-10(2)16(21)20-11-3-6-14(18)15(19)8-11/h3-8,10H,1-2H3,(H,20,21)/t10-/m0/s1. The van der Waals surface area contributed by atoms with Gasteiger partial charge in [-0.2, -0.15) is 0 Å². The molecule has 2 aromatic carbocycles. The molecule has 1 N–H and O–H groups in total. The Bertz CT molecular complexity index is 707. The maximum atomic E-state index is 13.1. The number of hydrogen-bond donors (Lipinski definition) is 1. The van der Waals surface area contributed by atoms with E-state index in [2.05, 4.69) is 5.32 Å². The van der Waals surface area contributed by atoms with Crippen molar-refractivity contribution in [2.75, 3.05) is 5.32 Å². The Morgan fingerprint density at radius 1 is 1.18 bits per heavy atom. The number of anilines is 1. The molecule has 0 aliphatic rings. The highest BCUT2D eigenvalue weighted by atomic mass is 35.5. The molecule has 0 aromatic heterocycles. The van der Waals surface area contributed by atoms with Crippen LogP contribution in [0.15, 0.2) is 36.4 Å². The smallest absolute Gasteiger partial charge is 0.265 e. The second kappa shape index (κ2) is 6.75. The number of rotatable bonds is 4. The highest BCUT2D eigenvalue weighted by Crippen LogP contribution is 2.22. The van der Waals surface area contributed by atoms with Gasteiger partial charge in [-0.3, -0.25) is 4.79 Å². The van der Waals surface area contributed by atoms with Crippen LogP contribution in [-0.2, 0) is 4.79 Å². The molecule has 0 aliphatic carbocycles. The number of benzene rings is 2. The number of aryl methyl sites for hydroxylation is 1. The molecule has 0 radical (unpaired) electrons. The molecular formula is C16H14ClF2NO2. The Labute approximate surface area is 131 Å². The average molecular weight is 326 g/mol. The van der Waals surface area contributed by atoms with Crippen molar-refractivity contribution in [3.8, 4) is 5.75 Å². The van der Waals surface area contributed by atoms with Crippen LogP contribution < -0.4 is 10.1 Å². The van der Waals surface area contributed by atoms with E-state index >= 15 is 0 Å². The molecule has 0 saturated heterocycles. The number of amides is 1. The van der Waals surface area contributed by atoms with Crippen molar-refractivity contribution in [2.24, 2.45) is 0 Å². The molecule has 0 unspecified atom stereocenters. The van der Waals surface area contributed by atoms with Gasteiger partial charge in [0.25, 0.3) is 5.91 Å². The summed E-state index contributed by atoms with van der Waals surface area (Å²) in [7, 11) is 0. The third-order valence-corrected chi connectivity index (χ3v) is 3.42. The lowest BCUT2D eigenvalue weighted by Crippen LogP contribution is -2.30. The summed E-state index contributed by atoms with van der Waals surface area (Å²) in [4.78, 5) is 12.0. The predicted molar refractivity (Wildman–Crippen MR) is 81.3 cm³/mol. The van der Waals surface area contributed by atoms with Gasteiger partial charge in [-0.25, -0.2) is 8.78 Å². The number of carbonyl (C=O) groups is 1. The number of ether oxygens (including phenoxy) is 1. The summed E-state index contributed by atoms with van der Waals surface area (Å²) in [5, 5.41) is 3.06. The van der Waals surface area contributed by atoms with Crippen LogP contribution >= 0.6 is 11.6 Å². The first-order valence-electron chi connectivity index (χ1n) is 6.55. The second-order valence-electron chi connectivity index (χ2n) is 4.79. The van der Waals surface area contributed by atoms with Gasteiger partial charge in [0.05, 0.1) is 0 Å². The van der Waals surface area contributed by atoms with E-state index in [1.165, 1.54) is 6.07 Å². The summed E-state index contributed by atoms with van der Waals surface area (Å²) in [6.45, 7) is 3.38. The first-order chi connectivity index (χ1) is 10.4. The molecule has 0 bridgehead atoms. The quantitative estimate of drug-likeness (QED) is 0.908. The van der Waals surface area contributed by atoms with Crippen molar-refractivity contribution < 1.29 is 18.3 Å². The van der Waals surface area contributed by atoms with Gasteiger partial charge in [-0.05, 0) is 49.7 Å². The van der Waals surface area contributed by atoms with E-state index in [-0.39, 0.29) is 5.69 Å². The lowest BCUT2D eigenvalue weighted by Gasteiger charge is -2.15. The molecule has 0 saturated carbocycles. The fourth-order valence-electron chi connectivity index (χ4n) is 1.77. The second-order valence-corrected chi connectivity index (χ2v) is 5.20. The van der Waals surface area contributed by atoms with E-state index in [1.54, 1.807) is 25.1 Å². The minimum Gasteiger partial charge on any atom is -0.481 e. The number of halogens is 3.